The molecule has 0 aliphatic rings. The van der Waals surface area contributed by atoms with Crippen LogP contribution >= 0.6 is 14.3 Å². The van der Waals surface area contributed by atoms with E-state index in [0.717, 1.165) is 74.3 Å². The number of Topliss-reactive ketones (excluding diaryl/α,β-unsaturated/α-hetero) is 1. The number of halogens is 7. The number of alkyl halides is 7. The van der Waals surface area contributed by atoms with Gasteiger partial charge in [-0.25, -0.2) is 4.79 Å². The fourth-order valence-electron chi connectivity index (χ4n) is 8.61. The Morgan fingerprint density at radius 1 is 0.464 bits per heavy atom. The van der Waals surface area contributed by atoms with E-state index in [1.807, 2.05) is 182 Å². The largest absolute Gasteiger partial charge is 0.506 e. The van der Waals surface area contributed by atoms with Crippen LogP contribution in [0.5, 0.6) is 5.75 Å². The molecule has 427 valence electrons. The number of rotatable bonds is 14. The van der Waals surface area contributed by atoms with E-state index in [0.29, 0.717) is 0 Å². The molecule has 0 atom stereocenters. The fraction of sp³-hybridized carbons (Fsp3) is 0.0492. The van der Waals surface area contributed by atoms with E-state index in [-0.39, 0.29) is 77.8 Å². The second kappa shape index (κ2) is 26.6. The van der Waals surface area contributed by atoms with Crippen LogP contribution in [-0.2, 0) is 9.13 Å². The van der Waals surface area contributed by atoms with Crippen LogP contribution < -0.4 is 42.4 Å². The van der Waals surface area contributed by atoms with Gasteiger partial charge in [-0.05, 0) is 36.4 Å². The Balaban J connectivity index is 0.000000204. The summed E-state index contributed by atoms with van der Waals surface area (Å²) in [5.41, 5.74) is -5.22. The monoisotopic (exact) mass is 1320 g/mol. The topological polar surface area (TPSA) is 191 Å². The van der Waals surface area contributed by atoms with Gasteiger partial charge >= 0.3 is 23.6 Å². The number of nitro benzene ring substituents is 2. The molecule has 0 saturated heterocycles. The molecular weight excluding hydrogens is 1280 g/mol. The first-order valence-corrected chi connectivity index (χ1v) is 27.9. The molecule has 1 N–H and O–H groups in total. The predicted octanol–water partition coefficient (Wildman–Crippen LogP) is 13.5. The number of anilines is 3. The molecule has 0 aliphatic heterocycles. The van der Waals surface area contributed by atoms with Crippen molar-refractivity contribution in [1.82, 2.24) is 0 Å². The molecule has 0 unspecified atom stereocenters. The van der Waals surface area contributed by atoms with E-state index < -0.39 is 75.8 Å². The molecule has 0 saturated carbocycles. The van der Waals surface area contributed by atoms with Crippen molar-refractivity contribution < 1.29 is 113 Å². The van der Waals surface area contributed by atoms with Crippen molar-refractivity contribution in [2.24, 2.45) is 0 Å². The third-order valence-electron chi connectivity index (χ3n) is 12.7. The van der Waals surface area contributed by atoms with Gasteiger partial charge < -0.3 is 23.6 Å². The second-order valence-electron chi connectivity index (χ2n) is 17.9. The van der Waals surface area contributed by atoms with Crippen LogP contribution in [0.15, 0.2) is 258 Å². The number of nitrogens with zero attached hydrogens (tertiary/aromatic N) is 3. The number of aromatic hydroxyl groups is 1. The third-order valence-corrected chi connectivity index (χ3v) is 18.9. The Bertz CT molecular complexity index is 3690. The molecule has 0 spiro atoms. The molecule has 9 aromatic carbocycles. The summed E-state index contributed by atoms with van der Waals surface area (Å²) in [7, 11) is -5.55. The fourth-order valence-corrected chi connectivity index (χ4v) is 13.9. The maximum Gasteiger partial charge on any atom is 0.460 e. The maximum atomic E-state index is 14.0. The zero-order valence-electron chi connectivity index (χ0n) is 43.1. The van der Waals surface area contributed by atoms with Crippen molar-refractivity contribution in [3.8, 4) is 5.75 Å². The minimum absolute atomic E-state index is 0. The first kappa shape index (κ1) is 63.4. The Kier molecular flexibility index (Phi) is 20.1. The number of carbonyl (C=O) groups excluding carboxylic acids is 1. The number of hydrogen-bond acceptors (Lipinski definition) is 11. The summed E-state index contributed by atoms with van der Waals surface area (Å²) >= 11 is 0. The van der Waals surface area contributed by atoms with E-state index >= 15 is 0 Å². The molecule has 1 heterocycles. The van der Waals surface area contributed by atoms with E-state index in [2.05, 4.69) is 0 Å². The Morgan fingerprint density at radius 2 is 0.750 bits per heavy atom. The van der Waals surface area contributed by atoms with Crippen molar-refractivity contribution in [3.63, 3.8) is 0 Å². The summed E-state index contributed by atoms with van der Waals surface area (Å²) < 4.78 is 125. The SMILES string of the molecule is O=C(c1c(O)c2ccc(N(c3ccc([N+](=O)[O-])cc3)c3ccc([N+](=O)[O-])cc3)cc2oc1=O)C(F)(F)C(F)(F)C(F)(F)F.O=P(c1ccccc1)(c1ccccc1)c1ccccc1.O=P(c1ccccc1)(c1ccccc1)c1ccccc1.[Eu]. The van der Waals surface area contributed by atoms with Crippen LogP contribution in [-0.4, -0.2) is 38.8 Å². The van der Waals surface area contributed by atoms with Crippen LogP contribution in [0.25, 0.3) is 11.0 Å². The smallest absolute Gasteiger partial charge is 0.460 e. The molecule has 10 aromatic rings. The van der Waals surface area contributed by atoms with Crippen molar-refractivity contribution in [1.29, 1.82) is 0 Å². The van der Waals surface area contributed by atoms with Crippen molar-refractivity contribution in [2.75, 3.05) is 4.90 Å². The quantitative estimate of drug-likeness (QED) is 0.0272. The van der Waals surface area contributed by atoms with Crippen LogP contribution in [0, 0.1) is 69.6 Å². The van der Waals surface area contributed by atoms with Crippen molar-refractivity contribution in [3.05, 3.63) is 285 Å². The molecule has 0 amide bonds. The Hall–Kier alpha value is -8.19. The number of nitro groups is 2. The second-order valence-corrected chi connectivity index (χ2v) is 23.4. The van der Waals surface area contributed by atoms with Gasteiger partial charge in [-0.15, -0.1) is 0 Å². The molecule has 0 fully saturated rings. The van der Waals surface area contributed by atoms with Crippen molar-refractivity contribution >= 4 is 91.3 Å². The van der Waals surface area contributed by atoms with Gasteiger partial charge in [0.2, 0.25) is 5.78 Å². The molecule has 1 radical (unpaired) electrons. The molecule has 0 aliphatic carbocycles. The van der Waals surface area contributed by atoms with Gasteiger partial charge in [-0.2, -0.15) is 30.7 Å². The number of hydrogen-bond donors (Lipinski definition) is 1. The number of non-ortho nitro benzene ring substituents is 2. The van der Waals surface area contributed by atoms with Gasteiger partial charge in [-0.1, -0.05) is 182 Å². The first-order chi connectivity index (χ1) is 39.5. The molecule has 23 heteroatoms. The van der Waals surface area contributed by atoms with Gasteiger partial charge in [0.15, 0.2) is 19.8 Å². The molecule has 10 rings (SSSR count). The van der Waals surface area contributed by atoms with Gasteiger partial charge in [0.1, 0.15) is 11.3 Å². The summed E-state index contributed by atoms with van der Waals surface area (Å²) in [6.45, 7) is 0. The van der Waals surface area contributed by atoms with Gasteiger partial charge in [0.25, 0.3) is 11.4 Å². The molecular formula is C61H42EuF7N3O10P2. The van der Waals surface area contributed by atoms with Gasteiger partial charge in [0, 0.05) is 129 Å². The number of ketones is 1. The summed E-state index contributed by atoms with van der Waals surface area (Å²) in [4.78, 5) is 46.5. The number of benzene rings is 9. The number of carbonyl (C=O) groups is 1. The molecule has 0 bridgehead atoms. The molecule has 13 nitrogen and oxygen atoms in total. The average molecular weight is 1320 g/mol. The Morgan fingerprint density at radius 3 is 1.02 bits per heavy atom. The zero-order chi connectivity index (χ0) is 59.7. The normalized spacial score (nSPS) is 11.6. The van der Waals surface area contributed by atoms with Gasteiger partial charge in [-0.3, -0.25) is 25.0 Å². The zero-order valence-corrected chi connectivity index (χ0v) is 47.3. The summed E-state index contributed by atoms with van der Waals surface area (Å²) in [6.07, 6.45) is -6.90. The van der Waals surface area contributed by atoms with Crippen LogP contribution in [0.3, 0.4) is 0 Å². The van der Waals surface area contributed by atoms with Gasteiger partial charge in [0.05, 0.1) is 15.2 Å². The van der Waals surface area contributed by atoms with E-state index in [1.54, 1.807) is 0 Å². The van der Waals surface area contributed by atoms with Crippen LogP contribution in [0.1, 0.15) is 10.4 Å². The standard InChI is InChI=1S/C25H12F7N3O8.2C18H15OP.Eu/c26-23(27,24(28,29)25(30,31)32)21(37)19-20(36)17-10-9-16(11-18(17)43-22(19)38)33(12-1-5-14(6-2-12)34(39)40)13-3-7-15(8-4-13)35(41)42;2*19-20(16-10-4-1-5-11-16,17-12-6-2-7-13-17)18-14-8-3-9-15-18;/h1-11,36H;2*1-15H;. The Labute approximate surface area is 514 Å². The summed E-state index contributed by atoms with van der Waals surface area (Å²) in [6, 6.07) is 70.7. The van der Waals surface area contributed by atoms with E-state index in [9.17, 15) is 74.8 Å². The van der Waals surface area contributed by atoms with Crippen LogP contribution in [0.4, 0.5) is 59.2 Å². The third kappa shape index (κ3) is 13.1. The molecule has 84 heavy (non-hydrogen) atoms. The average Bonchev–Trinajstić information content (AvgIpc) is 3.16. The minimum atomic E-state index is -6.91. The summed E-state index contributed by atoms with van der Waals surface area (Å²) in [5, 5.41) is 37.0. The van der Waals surface area contributed by atoms with Crippen molar-refractivity contribution in [2.45, 2.75) is 18.0 Å². The maximum absolute atomic E-state index is 14.0. The predicted molar refractivity (Wildman–Crippen MR) is 304 cm³/mol. The summed E-state index contributed by atoms with van der Waals surface area (Å²) in [5.74, 6) is -18.4. The van der Waals surface area contributed by atoms with E-state index in [1.165, 1.54) is 29.2 Å². The minimum Gasteiger partial charge on any atom is -0.506 e. The van der Waals surface area contributed by atoms with E-state index in [4.69, 9.17) is 4.42 Å². The molecule has 1 aromatic heterocycles. The van der Waals surface area contributed by atoms with Crippen LogP contribution in [0.2, 0.25) is 0 Å². The number of fused-ring (bicyclic) bond motifs is 1. The first-order valence-electron chi connectivity index (χ1n) is 24.5.